The van der Waals surface area contributed by atoms with Crippen molar-refractivity contribution < 1.29 is 14.6 Å². The zero-order valence-corrected chi connectivity index (χ0v) is 13.4. The maximum Gasteiger partial charge on any atom is 0.339 e. The predicted molar refractivity (Wildman–Crippen MR) is 87.4 cm³/mol. The quantitative estimate of drug-likeness (QED) is 0.880. The van der Waals surface area contributed by atoms with Crippen molar-refractivity contribution >= 4 is 22.6 Å². The second-order valence-corrected chi connectivity index (χ2v) is 6.25. The molecule has 3 N–H and O–H groups in total. The molecule has 0 aliphatic rings. The van der Waals surface area contributed by atoms with E-state index in [2.05, 4.69) is 25.8 Å². The molecule has 0 spiro atoms. The van der Waals surface area contributed by atoms with Gasteiger partial charge in [-0.15, -0.1) is 0 Å². The van der Waals surface area contributed by atoms with E-state index in [1.165, 1.54) is 0 Å². The van der Waals surface area contributed by atoms with Crippen molar-refractivity contribution in [3.05, 3.63) is 29.5 Å². The number of hydrogen-bond donors (Lipinski definition) is 2. The molecule has 2 aromatic rings. The summed E-state index contributed by atoms with van der Waals surface area (Å²) in [5.41, 5.74) is 7.42. The number of pyridine rings is 1. The number of hydrogen-bond acceptors (Lipinski definition) is 4. The smallest absolute Gasteiger partial charge is 0.339 e. The van der Waals surface area contributed by atoms with Crippen molar-refractivity contribution in [2.24, 2.45) is 5.41 Å². The molecule has 5 heteroatoms. The first-order valence-electron chi connectivity index (χ1n) is 7.31. The van der Waals surface area contributed by atoms with Gasteiger partial charge in [-0.1, -0.05) is 26.8 Å². The topological polar surface area (TPSA) is 85.4 Å². The fourth-order valence-corrected chi connectivity index (χ4v) is 2.21. The van der Waals surface area contributed by atoms with Crippen molar-refractivity contribution in [1.82, 2.24) is 4.98 Å². The highest BCUT2D eigenvalue weighted by molar-refractivity contribution is 6.06. The monoisotopic (exact) mass is 302 g/mol. The first-order valence-corrected chi connectivity index (χ1v) is 7.31. The minimum atomic E-state index is -1.08. The van der Waals surface area contributed by atoms with Crippen LogP contribution in [-0.2, 0) is 0 Å². The van der Waals surface area contributed by atoms with Gasteiger partial charge in [0.25, 0.3) is 0 Å². The van der Waals surface area contributed by atoms with Gasteiger partial charge in [-0.25, -0.2) is 4.79 Å². The number of rotatable bonds is 5. The highest BCUT2D eigenvalue weighted by atomic mass is 16.5. The lowest BCUT2D eigenvalue weighted by atomic mass is 9.92. The van der Waals surface area contributed by atoms with Crippen LogP contribution >= 0.6 is 0 Å². The molecule has 1 heterocycles. The third kappa shape index (κ3) is 2.98. The number of carboxylic acid groups (broad SMARTS) is 1. The SMILES string of the molecule is CCC(C)(C)COc1cccc2nc(C)c(C(=O)O)c(N)c12. The average molecular weight is 302 g/mol. The Morgan fingerprint density at radius 3 is 2.68 bits per heavy atom. The molecule has 0 amide bonds. The van der Waals surface area contributed by atoms with Gasteiger partial charge < -0.3 is 15.6 Å². The Balaban J connectivity index is 2.56. The summed E-state index contributed by atoms with van der Waals surface area (Å²) in [6.45, 7) is 8.51. The highest BCUT2D eigenvalue weighted by Gasteiger charge is 2.21. The van der Waals surface area contributed by atoms with Crippen molar-refractivity contribution in [3.63, 3.8) is 0 Å². The van der Waals surface area contributed by atoms with Crippen molar-refractivity contribution in [2.75, 3.05) is 12.3 Å². The normalized spacial score (nSPS) is 11.6. The number of aromatic nitrogens is 1. The zero-order valence-electron chi connectivity index (χ0n) is 13.4. The van der Waals surface area contributed by atoms with Crippen LogP contribution in [-0.4, -0.2) is 22.7 Å². The molecule has 0 aliphatic carbocycles. The number of aromatic carboxylic acids is 1. The van der Waals surface area contributed by atoms with Crippen LogP contribution < -0.4 is 10.5 Å². The summed E-state index contributed by atoms with van der Waals surface area (Å²) >= 11 is 0. The van der Waals surface area contributed by atoms with Gasteiger partial charge in [0.05, 0.1) is 28.9 Å². The van der Waals surface area contributed by atoms with E-state index in [1.54, 1.807) is 13.0 Å². The van der Waals surface area contributed by atoms with Gasteiger partial charge in [-0.05, 0) is 30.9 Å². The van der Waals surface area contributed by atoms with Crippen LogP contribution in [0.15, 0.2) is 18.2 Å². The van der Waals surface area contributed by atoms with Gasteiger partial charge in [0.1, 0.15) is 11.3 Å². The largest absolute Gasteiger partial charge is 0.492 e. The summed E-state index contributed by atoms with van der Waals surface area (Å²) < 4.78 is 5.92. The lowest BCUT2D eigenvalue weighted by Gasteiger charge is -2.23. The number of benzene rings is 1. The van der Waals surface area contributed by atoms with E-state index in [4.69, 9.17) is 10.5 Å². The Morgan fingerprint density at radius 2 is 2.09 bits per heavy atom. The summed E-state index contributed by atoms with van der Waals surface area (Å²) in [5.74, 6) is -0.500. The minimum absolute atomic E-state index is 0.0324. The summed E-state index contributed by atoms with van der Waals surface area (Å²) in [5, 5.41) is 9.90. The molecular formula is C17H22N2O3. The number of nitrogen functional groups attached to an aromatic ring is 1. The fourth-order valence-electron chi connectivity index (χ4n) is 2.21. The Morgan fingerprint density at radius 1 is 1.41 bits per heavy atom. The first-order chi connectivity index (χ1) is 10.3. The number of anilines is 1. The van der Waals surface area contributed by atoms with E-state index in [-0.39, 0.29) is 16.7 Å². The molecule has 2 rings (SSSR count). The fraction of sp³-hybridized carbons (Fsp3) is 0.412. The lowest BCUT2D eigenvalue weighted by molar-refractivity contribution is 0.0697. The van der Waals surface area contributed by atoms with Gasteiger partial charge in [-0.2, -0.15) is 0 Å². The van der Waals surface area contributed by atoms with Crippen LogP contribution in [0.4, 0.5) is 5.69 Å². The molecule has 5 nitrogen and oxygen atoms in total. The zero-order chi connectivity index (χ0) is 16.5. The van der Waals surface area contributed by atoms with E-state index in [0.717, 1.165) is 6.42 Å². The Bertz CT molecular complexity index is 723. The van der Waals surface area contributed by atoms with E-state index in [1.807, 2.05) is 12.1 Å². The Hall–Kier alpha value is -2.30. The average Bonchev–Trinajstić information content (AvgIpc) is 2.44. The van der Waals surface area contributed by atoms with Crippen LogP contribution in [0.1, 0.15) is 43.2 Å². The number of carboxylic acids is 1. The Labute approximate surface area is 130 Å². The molecule has 1 aromatic heterocycles. The molecule has 0 unspecified atom stereocenters. The van der Waals surface area contributed by atoms with Crippen molar-refractivity contribution in [2.45, 2.75) is 34.1 Å². The molecule has 1 aromatic carbocycles. The molecular weight excluding hydrogens is 280 g/mol. The van der Waals surface area contributed by atoms with Crippen LogP contribution in [0.2, 0.25) is 0 Å². The number of aryl methyl sites for hydroxylation is 1. The highest BCUT2D eigenvalue weighted by Crippen LogP contribution is 2.34. The molecule has 0 bridgehead atoms. The molecule has 0 saturated heterocycles. The number of ether oxygens (including phenoxy) is 1. The first kappa shape index (κ1) is 16.1. The molecule has 0 aliphatic heterocycles. The van der Waals surface area contributed by atoms with Gasteiger partial charge >= 0.3 is 5.97 Å². The second-order valence-electron chi connectivity index (χ2n) is 6.25. The maximum atomic E-state index is 11.4. The number of carbonyl (C=O) groups is 1. The second kappa shape index (κ2) is 5.83. The van der Waals surface area contributed by atoms with Gasteiger partial charge in [0, 0.05) is 0 Å². The lowest BCUT2D eigenvalue weighted by Crippen LogP contribution is -2.20. The summed E-state index contributed by atoms with van der Waals surface area (Å²) in [7, 11) is 0. The maximum absolute atomic E-state index is 11.4. The van der Waals surface area contributed by atoms with Crippen molar-refractivity contribution in [1.29, 1.82) is 0 Å². The molecule has 0 atom stereocenters. The van der Waals surface area contributed by atoms with Crippen molar-refractivity contribution in [3.8, 4) is 5.75 Å². The van der Waals surface area contributed by atoms with Gasteiger partial charge in [0.15, 0.2) is 0 Å². The van der Waals surface area contributed by atoms with Crippen LogP contribution in [0, 0.1) is 12.3 Å². The van der Waals surface area contributed by atoms with Gasteiger partial charge in [-0.3, -0.25) is 4.98 Å². The molecule has 0 saturated carbocycles. The summed E-state index contributed by atoms with van der Waals surface area (Å²) in [6.07, 6.45) is 0.977. The van der Waals surface area contributed by atoms with Crippen LogP contribution in [0.3, 0.4) is 0 Å². The van der Waals surface area contributed by atoms with Gasteiger partial charge in [0.2, 0.25) is 0 Å². The van der Waals surface area contributed by atoms with E-state index in [9.17, 15) is 9.90 Å². The van der Waals surface area contributed by atoms with Crippen LogP contribution in [0.25, 0.3) is 10.9 Å². The van der Waals surface area contributed by atoms with E-state index in [0.29, 0.717) is 29.0 Å². The minimum Gasteiger partial charge on any atom is -0.492 e. The molecule has 0 fully saturated rings. The van der Waals surface area contributed by atoms with E-state index >= 15 is 0 Å². The Kier molecular flexibility index (Phi) is 4.26. The number of fused-ring (bicyclic) bond motifs is 1. The standard InChI is InChI=1S/C17H22N2O3/c1-5-17(3,4)9-22-12-8-6-7-11-14(12)15(18)13(16(20)21)10(2)19-11/h6-8H,5,9H2,1-4H3,(H2,18,19)(H,20,21). The number of nitrogens with two attached hydrogens (primary N) is 1. The summed E-state index contributed by atoms with van der Waals surface area (Å²) in [4.78, 5) is 15.7. The summed E-state index contributed by atoms with van der Waals surface area (Å²) in [6, 6.07) is 5.44. The molecule has 118 valence electrons. The molecule has 0 radical (unpaired) electrons. The third-order valence-corrected chi connectivity index (χ3v) is 3.98. The van der Waals surface area contributed by atoms with E-state index < -0.39 is 5.97 Å². The number of nitrogens with zero attached hydrogens (tertiary/aromatic N) is 1. The predicted octanol–water partition coefficient (Wildman–Crippen LogP) is 3.64. The van der Waals surface area contributed by atoms with Crippen LogP contribution in [0.5, 0.6) is 5.75 Å². The molecule has 22 heavy (non-hydrogen) atoms. The third-order valence-electron chi connectivity index (χ3n) is 3.98.